The molecular weight excluding hydrogens is 264 g/mol. The molecule has 2 saturated heterocycles. The van der Waals surface area contributed by atoms with Crippen LogP contribution in [0.4, 0.5) is 0 Å². The molecule has 0 spiro atoms. The van der Waals surface area contributed by atoms with Crippen molar-refractivity contribution in [1.29, 1.82) is 0 Å². The molecule has 0 aromatic rings. The van der Waals surface area contributed by atoms with E-state index in [2.05, 4.69) is 5.32 Å². The minimum absolute atomic E-state index is 0.0197. The second-order valence-electron chi connectivity index (χ2n) is 5.25. The van der Waals surface area contributed by atoms with Gasteiger partial charge in [-0.1, -0.05) is 0 Å². The zero-order chi connectivity index (χ0) is 13.7. The lowest BCUT2D eigenvalue weighted by Gasteiger charge is -2.33. The molecule has 2 N–H and O–H groups in total. The van der Waals surface area contributed by atoms with Crippen molar-refractivity contribution in [3.05, 3.63) is 0 Å². The van der Waals surface area contributed by atoms with Crippen LogP contribution in [0.3, 0.4) is 0 Å². The molecule has 0 bridgehead atoms. The average molecular weight is 286 g/mol. The van der Waals surface area contributed by atoms with Gasteiger partial charge in [0, 0.05) is 24.5 Å². The van der Waals surface area contributed by atoms with Gasteiger partial charge in [0.1, 0.15) is 6.04 Å². The lowest BCUT2D eigenvalue weighted by Crippen LogP contribution is -2.50. The average Bonchev–Trinajstić information content (AvgIpc) is 2.46. The Morgan fingerprint density at radius 3 is 2.74 bits per heavy atom. The summed E-state index contributed by atoms with van der Waals surface area (Å²) in [6.45, 7) is 2.65. The van der Waals surface area contributed by atoms with Crippen molar-refractivity contribution < 1.29 is 14.7 Å². The number of carboxylic acid groups (broad SMARTS) is 1. The Balaban J connectivity index is 1.81. The molecule has 2 aliphatic heterocycles. The molecule has 5 nitrogen and oxygen atoms in total. The van der Waals surface area contributed by atoms with E-state index in [-0.39, 0.29) is 5.91 Å². The maximum Gasteiger partial charge on any atom is 0.327 e. The lowest BCUT2D eigenvalue weighted by atomic mass is 9.93. The van der Waals surface area contributed by atoms with Crippen LogP contribution in [0.25, 0.3) is 0 Å². The van der Waals surface area contributed by atoms with Crippen molar-refractivity contribution in [2.24, 2.45) is 5.92 Å². The third-order valence-corrected chi connectivity index (χ3v) is 4.98. The quantitative estimate of drug-likeness (QED) is 0.800. The van der Waals surface area contributed by atoms with E-state index in [0.29, 0.717) is 24.6 Å². The van der Waals surface area contributed by atoms with Crippen molar-refractivity contribution in [1.82, 2.24) is 10.2 Å². The maximum atomic E-state index is 12.2. The normalized spacial score (nSPS) is 25.3. The van der Waals surface area contributed by atoms with Gasteiger partial charge in [-0.2, -0.15) is 11.8 Å². The van der Waals surface area contributed by atoms with E-state index in [1.165, 1.54) is 0 Å². The van der Waals surface area contributed by atoms with Gasteiger partial charge in [-0.05, 0) is 38.3 Å². The van der Waals surface area contributed by atoms with Crippen molar-refractivity contribution >= 4 is 23.6 Å². The van der Waals surface area contributed by atoms with Crippen LogP contribution in [0.5, 0.6) is 0 Å². The van der Waals surface area contributed by atoms with E-state index >= 15 is 0 Å². The molecule has 2 fully saturated rings. The molecule has 6 heteroatoms. The zero-order valence-electron chi connectivity index (χ0n) is 11.1. The number of aliphatic carboxylic acids is 1. The summed E-state index contributed by atoms with van der Waals surface area (Å²) in [6, 6.07) is -0.626. The summed E-state index contributed by atoms with van der Waals surface area (Å²) in [7, 11) is 0. The summed E-state index contributed by atoms with van der Waals surface area (Å²) < 4.78 is 0. The highest BCUT2D eigenvalue weighted by Gasteiger charge is 2.32. The highest BCUT2D eigenvalue weighted by Crippen LogP contribution is 2.21. The maximum absolute atomic E-state index is 12.2. The number of carboxylic acids is 1. The number of nitrogens with zero attached hydrogens (tertiary/aromatic N) is 1. The monoisotopic (exact) mass is 286 g/mol. The molecule has 2 rings (SSSR count). The molecule has 108 valence electrons. The molecule has 1 amide bonds. The fourth-order valence-corrected chi connectivity index (χ4v) is 3.79. The smallest absolute Gasteiger partial charge is 0.327 e. The molecule has 0 saturated carbocycles. The molecule has 2 aliphatic rings. The van der Waals surface area contributed by atoms with Crippen molar-refractivity contribution in [2.45, 2.75) is 31.7 Å². The number of amides is 1. The van der Waals surface area contributed by atoms with E-state index in [4.69, 9.17) is 5.11 Å². The number of carbonyl (C=O) groups is 2. The van der Waals surface area contributed by atoms with Gasteiger partial charge in [-0.25, -0.2) is 4.79 Å². The Morgan fingerprint density at radius 2 is 2.05 bits per heavy atom. The Kier molecular flexibility index (Phi) is 5.51. The third kappa shape index (κ3) is 4.11. The molecular formula is C13H22N2O3S. The predicted octanol–water partition coefficient (Wildman–Crippen LogP) is 0.795. The zero-order valence-corrected chi connectivity index (χ0v) is 12.0. The van der Waals surface area contributed by atoms with Crippen molar-refractivity contribution in [2.75, 3.05) is 31.1 Å². The minimum Gasteiger partial charge on any atom is -0.480 e. The predicted molar refractivity (Wildman–Crippen MR) is 75.3 cm³/mol. The summed E-state index contributed by atoms with van der Waals surface area (Å²) in [6.07, 6.45) is 3.66. The van der Waals surface area contributed by atoms with E-state index in [0.717, 1.165) is 38.1 Å². The Hall–Kier alpha value is -0.750. The molecule has 0 aromatic heterocycles. The number of hydrogen-bond acceptors (Lipinski definition) is 4. The highest BCUT2D eigenvalue weighted by atomic mass is 32.2. The van der Waals surface area contributed by atoms with Gasteiger partial charge in [-0.15, -0.1) is 0 Å². The summed E-state index contributed by atoms with van der Waals surface area (Å²) in [4.78, 5) is 24.9. The van der Waals surface area contributed by atoms with E-state index in [1.807, 2.05) is 0 Å². The number of nitrogens with one attached hydrogen (secondary N) is 1. The van der Waals surface area contributed by atoms with Crippen LogP contribution >= 0.6 is 11.8 Å². The topological polar surface area (TPSA) is 69.6 Å². The fraction of sp³-hybridized carbons (Fsp3) is 0.846. The van der Waals surface area contributed by atoms with Crippen LogP contribution in [0.15, 0.2) is 0 Å². The largest absolute Gasteiger partial charge is 0.480 e. The molecule has 2 heterocycles. The molecule has 0 aromatic carbocycles. The van der Waals surface area contributed by atoms with Gasteiger partial charge in [-0.3, -0.25) is 4.79 Å². The van der Waals surface area contributed by atoms with E-state index in [1.54, 1.807) is 16.7 Å². The van der Waals surface area contributed by atoms with Gasteiger partial charge >= 0.3 is 5.97 Å². The molecule has 1 atom stereocenters. The Labute approximate surface area is 118 Å². The summed E-state index contributed by atoms with van der Waals surface area (Å²) in [5.41, 5.74) is 0. The number of rotatable bonds is 4. The Morgan fingerprint density at radius 1 is 1.32 bits per heavy atom. The second-order valence-corrected chi connectivity index (χ2v) is 6.40. The number of thioether (sulfide) groups is 1. The van der Waals surface area contributed by atoms with Crippen LogP contribution in [0.1, 0.15) is 25.7 Å². The van der Waals surface area contributed by atoms with Crippen LogP contribution < -0.4 is 5.32 Å². The van der Waals surface area contributed by atoms with Gasteiger partial charge in [0.25, 0.3) is 0 Å². The first-order chi connectivity index (χ1) is 9.18. The molecule has 1 unspecified atom stereocenters. The van der Waals surface area contributed by atoms with E-state index in [9.17, 15) is 9.59 Å². The van der Waals surface area contributed by atoms with E-state index < -0.39 is 12.0 Å². The van der Waals surface area contributed by atoms with Crippen LogP contribution in [0.2, 0.25) is 0 Å². The SMILES string of the molecule is O=C(O)C1CSCCN1C(=O)CCC1CCNCC1. The number of carbonyl (C=O) groups excluding carboxylic acids is 1. The fourth-order valence-electron chi connectivity index (χ4n) is 2.75. The first-order valence-electron chi connectivity index (χ1n) is 6.99. The number of hydrogen-bond donors (Lipinski definition) is 2. The lowest BCUT2D eigenvalue weighted by molar-refractivity contribution is -0.149. The first-order valence-corrected chi connectivity index (χ1v) is 8.14. The van der Waals surface area contributed by atoms with Crippen molar-refractivity contribution in [3.8, 4) is 0 Å². The standard InChI is InChI=1S/C13H22N2O3S/c16-12(2-1-10-3-5-14-6-4-10)15-7-8-19-9-11(15)13(17)18/h10-11,14H,1-9H2,(H,17,18). The van der Waals surface area contributed by atoms with Crippen LogP contribution in [0, 0.1) is 5.92 Å². The number of piperidine rings is 1. The molecule has 0 radical (unpaired) electrons. The van der Waals surface area contributed by atoms with Gasteiger partial charge < -0.3 is 15.3 Å². The van der Waals surface area contributed by atoms with Gasteiger partial charge in [0.2, 0.25) is 5.91 Å². The van der Waals surface area contributed by atoms with Gasteiger partial charge in [0.15, 0.2) is 0 Å². The molecule has 19 heavy (non-hydrogen) atoms. The van der Waals surface area contributed by atoms with Crippen LogP contribution in [-0.2, 0) is 9.59 Å². The van der Waals surface area contributed by atoms with Crippen LogP contribution in [-0.4, -0.2) is 59.1 Å². The first kappa shape index (κ1) is 14.7. The summed E-state index contributed by atoms with van der Waals surface area (Å²) in [5, 5.41) is 12.5. The minimum atomic E-state index is -0.873. The second kappa shape index (κ2) is 7.14. The third-order valence-electron chi connectivity index (χ3n) is 3.96. The summed E-state index contributed by atoms with van der Waals surface area (Å²) in [5.74, 6) is 1.14. The summed E-state index contributed by atoms with van der Waals surface area (Å²) >= 11 is 1.62. The Bertz CT molecular complexity index is 332. The van der Waals surface area contributed by atoms with Crippen molar-refractivity contribution in [3.63, 3.8) is 0 Å². The highest BCUT2D eigenvalue weighted by molar-refractivity contribution is 7.99. The van der Waals surface area contributed by atoms with Gasteiger partial charge in [0.05, 0.1) is 0 Å². The molecule has 0 aliphatic carbocycles.